The fourth-order valence-electron chi connectivity index (χ4n) is 2.52. The summed E-state index contributed by atoms with van der Waals surface area (Å²) in [7, 11) is 2.12. The van der Waals surface area contributed by atoms with E-state index >= 15 is 0 Å². The standard InChI is InChI=1S/C16H10F6N4/c1-25-5(3-23)7-9-10(14(20)16(22)15(21)13(9)19)8(6(4-24)26-2)12(18)11(7)17/h3-4,23-24H,1-2H3. The zero-order valence-electron chi connectivity index (χ0n) is 13.3. The summed E-state index contributed by atoms with van der Waals surface area (Å²) in [5.74, 6) is -12.0. The van der Waals surface area contributed by atoms with E-state index in [1.165, 1.54) is 0 Å². The van der Waals surface area contributed by atoms with E-state index in [0.717, 1.165) is 14.1 Å². The lowest BCUT2D eigenvalue weighted by Gasteiger charge is -2.16. The van der Waals surface area contributed by atoms with Gasteiger partial charge in [0.1, 0.15) is 0 Å². The maximum atomic E-state index is 14.6. The first-order valence-corrected chi connectivity index (χ1v) is 6.88. The summed E-state index contributed by atoms with van der Waals surface area (Å²) in [5.41, 5.74) is -3.36. The number of benzene rings is 2. The summed E-state index contributed by atoms with van der Waals surface area (Å²) < 4.78 is 85.4. The molecular formula is C16H10F6N4. The van der Waals surface area contributed by atoms with Crippen molar-refractivity contribution in [2.24, 2.45) is 9.98 Å². The van der Waals surface area contributed by atoms with E-state index in [4.69, 9.17) is 10.8 Å². The van der Waals surface area contributed by atoms with Crippen LogP contribution in [0.3, 0.4) is 0 Å². The molecule has 0 atom stereocenters. The molecule has 0 unspecified atom stereocenters. The smallest absolute Gasteiger partial charge is 0.198 e. The fraction of sp³-hybridized carbons (Fsp3) is 0.125. The molecule has 0 aliphatic rings. The van der Waals surface area contributed by atoms with Crippen molar-refractivity contribution in [3.05, 3.63) is 46.0 Å². The van der Waals surface area contributed by atoms with Crippen molar-refractivity contribution in [3.63, 3.8) is 0 Å². The summed E-state index contributed by atoms with van der Waals surface area (Å²) in [4.78, 5) is 6.91. The van der Waals surface area contributed by atoms with Gasteiger partial charge in [0.25, 0.3) is 0 Å². The normalized spacial score (nSPS) is 12.6. The molecule has 0 aliphatic carbocycles. The van der Waals surface area contributed by atoms with Crippen LogP contribution < -0.4 is 0 Å². The summed E-state index contributed by atoms with van der Waals surface area (Å²) >= 11 is 0. The number of hydrogen-bond acceptors (Lipinski definition) is 4. The van der Waals surface area contributed by atoms with E-state index in [1.807, 2.05) is 0 Å². The molecule has 0 heterocycles. The highest BCUT2D eigenvalue weighted by Crippen LogP contribution is 2.36. The molecule has 2 aromatic rings. The van der Waals surface area contributed by atoms with E-state index in [-0.39, 0.29) is 0 Å². The van der Waals surface area contributed by atoms with Gasteiger partial charge in [0.05, 0.1) is 22.6 Å². The van der Waals surface area contributed by atoms with Crippen LogP contribution in [0.4, 0.5) is 26.3 Å². The second-order valence-electron chi connectivity index (χ2n) is 4.89. The molecule has 4 nitrogen and oxygen atoms in total. The maximum absolute atomic E-state index is 14.6. The summed E-state index contributed by atoms with van der Waals surface area (Å²) in [5, 5.41) is 12.1. The van der Waals surface area contributed by atoms with Crippen LogP contribution in [-0.2, 0) is 0 Å². The quantitative estimate of drug-likeness (QED) is 0.355. The molecule has 0 spiro atoms. The third kappa shape index (κ3) is 2.57. The zero-order valence-corrected chi connectivity index (χ0v) is 13.3. The van der Waals surface area contributed by atoms with E-state index in [9.17, 15) is 26.3 Å². The molecule has 0 radical (unpaired) electrons. The minimum atomic E-state index is -2.24. The predicted octanol–water partition coefficient (Wildman–Crippen LogP) is 3.81. The highest BCUT2D eigenvalue weighted by atomic mass is 19.2. The SMILES string of the molecule is CN=C(C=N)c1c(F)c(F)c(C(C=N)=NC)c2c(F)c(F)c(F)c(F)c12. The van der Waals surface area contributed by atoms with Gasteiger partial charge in [-0.2, -0.15) is 0 Å². The zero-order chi connectivity index (χ0) is 19.8. The largest absolute Gasteiger partial charge is 0.306 e. The number of hydrogen-bond donors (Lipinski definition) is 2. The van der Waals surface area contributed by atoms with Gasteiger partial charge in [-0.3, -0.25) is 9.98 Å². The Morgan fingerprint density at radius 1 is 0.615 bits per heavy atom. The van der Waals surface area contributed by atoms with E-state index < -0.39 is 68.2 Å². The minimum absolute atomic E-state index is 0.418. The number of halogens is 6. The maximum Gasteiger partial charge on any atom is 0.198 e. The topological polar surface area (TPSA) is 72.4 Å². The summed E-state index contributed by atoms with van der Waals surface area (Å²) in [6.45, 7) is 0. The molecule has 26 heavy (non-hydrogen) atoms. The number of nitrogens with one attached hydrogen (secondary N) is 2. The molecule has 0 saturated heterocycles. The first-order chi connectivity index (χ1) is 12.3. The van der Waals surface area contributed by atoms with Crippen LogP contribution in [0.15, 0.2) is 9.98 Å². The molecule has 0 aliphatic heterocycles. The lowest BCUT2D eigenvalue weighted by atomic mass is 9.92. The van der Waals surface area contributed by atoms with Crippen LogP contribution in [-0.4, -0.2) is 37.9 Å². The second kappa shape index (κ2) is 7.06. The molecule has 136 valence electrons. The van der Waals surface area contributed by atoms with Crippen molar-refractivity contribution in [2.75, 3.05) is 14.1 Å². The molecule has 2 N–H and O–H groups in total. The van der Waals surface area contributed by atoms with E-state index in [0.29, 0.717) is 12.4 Å². The Morgan fingerprint density at radius 2 is 0.923 bits per heavy atom. The van der Waals surface area contributed by atoms with Crippen molar-refractivity contribution in [1.82, 2.24) is 0 Å². The van der Waals surface area contributed by atoms with Gasteiger partial charge < -0.3 is 10.8 Å². The van der Waals surface area contributed by atoms with Gasteiger partial charge in [-0.1, -0.05) is 0 Å². The first-order valence-electron chi connectivity index (χ1n) is 6.88. The first kappa shape index (κ1) is 19.3. The molecule has 2 aromatic carbocycles. The van der Waals surface area contributed by atoms with Crippen molar-refractivity contribution in [2.45, 2.75) is 0 Å². The Bertz CT molecular complexity index is 930. The van der Waals surface area contributed by atoms with Crippen LogP contribution in [0.1, 0.15) is 11.1 Å². The Morgan fingerprint density at radius 3 is 1.15 bits per heavy atom. The average molecular weight is 372 g/mol. The van der Waals surface area contributed by atoms with Crippen LogP contribution in [0.5, 0.6) is 0 Å². The molecule has 0 fully saturated rings. The van der Waals surface area contributed by atoms with E-state index in [2.05, 4.69) is 9.98 Å². The van der Waals surface area contributed by atoms with Gasteiger partial charge in [-0.05, 0) is 0 Å². The van der Waals surface area contributed by atoms with E-state index in [1.54, 1.807) is 0 Å². The average Bonchev–Trinajstić information content (AvgIpc) is 2.64. The number of fused-ring (bicyclic) bond motifs is 1. The lowest BCUT2D eigenvalue weighted by Crippen LogP contribution is -2.17. The highest BCUT2D eigenvalue weighted by molar-refractivity contribution is 6.43. The van der Waals surface area contributed by atoms with Crippen LogP contribution in [0, 0.1) is 45.7 Å². The minimum Gasteiger partial charge on any atom is -0.306 e. The van der Waals surface area contributed by atoms with Crippen LogP contribution >= 0.6 is 0 Å². The molecule has 0 saturated carbocycles. The van der Waals surface area contributed by atoms with Gasteiger partial charge in [0.2, 0.25) is 0 Å². The van der Waals surface area contributed by atoms with Crippen LogP contribution in [0.2, 0.25) is 0 Å². The third-order valence-corrected chi connectivity index (χ3v) is 3.67. The molecule has 10 heteroatoms. The van der Waals surface area contributed by atoms with Crippen molar-refractivity contribution in [1.29, 1.82) is 10.8 Å². The molecule has 0 amide bonds. The van der Waals surface area contributed by atoms with Crippen molar-refractivity contribution < 1.29 is 26.3 Å². The third-order valence-electron chi connectivity index (χ3n) is 3.67. The summed E-state index contributed by atoms with van der Waals surface area (Å²) in [6.07, 6.45) is 0.835. The number of nitrogens with zero attached hydrogens (tertiary/aromatic N) is 2. The lowest BCUT2D eigenvalue weighted by molar-refractivity contribution is 0.417. The monoisotopic (exact) mass is 372 g/mol. The van der Waals surface area contributed by atoms with Gasteiger partial charge in [0, 0.05) is 37.3 Å². The second-order valence-corrected chi connectivity index (χ2v) is 4.89. The Labute approximate surface area is 142 Å². The molecule has 0 aromatic heterocycles. The van der Waals surface area contributed by atoms with Crippen LogP contribution in [0.25, 0.3) is 10.8 Å². The van der Waals surface area contributed by atoms with Crippen molar-refractivity contribution in [3.8, 4) is 0 Å². The molecule has 2 rings (SSSR count). The van der Waals surface area contributed by atoms with Gasteiger partial charge in [-0.25, -0.2) is 26.3 Å². The van der Waals surface area contributed by atoms with Gasteiger partial charge >= 0.3 is 0 Å². The fourth-order valence-corrected chi connectivity index (χ4v) is 2.52. The summed E-state index contributed by atoms with van der Waals surface area (Å²) in [6, 6.07) is 0. The van der Waals surface area contributed by atoms with Gasteiger partial charge in [0.15, 0.2) is 34.9 Å². The Balaban J connectivity index is 3.36. The van der Waals surface area contributed by atoms with Crippen molar-refractivity contribution >= 4 is 34.6 Å². The Kier molecular flexibility index (Phi) is 5.24. The molecule has 0 bridgehead atoms. The predicted molar refractivity (Wildman–Crippen MR) is 86.2 cm³/mol. The van der Waals surface area contributed by atoms with Gasteiger partial charge in [-0.15, -0.1) is 0 Å². The number of aliphatic imine (C=N–C) groups is 2. The highest BCUT2D eigenvalue weighted by Gasteiger charge is 2.32. The molecular weight excluding hydrogens is 362 g/mol. The number of rotatable bonds is 4. The Hall–Kier alpha value is -3.04.